The quantitative estimate of drug-likeness (QED) is 0.820. The summed E-state index contributed by atoms with van der Waals surface area (Å²) < 4.78 is 28.9. The minimum atomic E-state index is -3.22. The Balaban J connectivity index is 2.00. The number of hydrogen-bond acceptors (Lipinski definition) is 2. The summed E-state index contributed by atoms with van der Waals surface area (Å²) in [7, 11) is -3.22. The molecule has 1 heterocycles. The minimum absolute atomic E-state index is 0.183. The molecule has 0 radical (unpaired) electrons. The van der Waals surface area contributed by atoms with Crippen LogP contribution in [0.3, 0.4) is 0 Å². The van der Waals surface area contributed by atoms with Crippen LogP contribution in [0.25, 0.3) is 0 Å². The number of rotatable bonds is 4. The molecule has 0 aromatic carbocycles. The Morgan fingerprint density at radius 2 is 1.88 bits per heavy atom. The summed E-state index contributed by atoms with van der Waals surface area (Å²) in [4.78, 5) is 0. The fraction of sp³-hybridized carbons (Fsp3) is 1.00. The Morgan fingerprint density at radius 3 is 2.50 bits per heavy atom. The molecule has 1 atom stereocenters. The largest absolute Gasteiger partial charge is 0.279 e. The molecule has 0 aromatic rings. The van der Waals surface area contributed by atoms with Crippen molar-refractivity contribution in [1.29, 1.82) is 0 Å². The van der Waals surface area contributed by atoms with E-state index in [9.17, 15) is 8.42 Å². The van der Waals surface area contributed by atoms with Crippen molar-refractivity contribution in [2.24, 2.45) is 0 Å². The van der Waals surface area contributed by atoms with E-state index in [4.69, 9.17) is 0 Å². The van der Waals surface area contributed by atoms with Gasteiger partial charge in [-0.3, -0.25) is 0 Å². The lowest BCUT2D eigenvalue weighted by Crippen LogP contribution is -2.46. The maximum absolute atomic E-state index is 12.2. The molecule has 1 N–H and O–H groups in total. The molecule has 2 aliphatic rings. The van der Waals surface area contributed by atoms with Crippen LogP contribution >= 0.6 is 0 Å². The highest BCUT2D eigenvalue weighted by molar-refractivity contribution is 7.87. The van der Waals surface area contributed by atoms with E-state index in [2.05, 4.69) is 11.6 Å². The van der Waals surface area contributed by atoms with Crippen LogP contribution in [-0.2, 0) is 10.2 Å². The predicted molar refractivity (Wildman–Crippen MR) is 64.3 cm³/mol. The third kappa shape index (κ3) is 2.57. The van der Waals surface area contributed by atoms with E-state index in [-0.39, 0.29) is 12.1 Å². The van der Waals surface area contributed by atoms with Gasteiger partial charge >= 0.3 is 0 Å². The molecule has 1 aliphatic carbocycles. The number of hydrogen-bond donors (Lipinski definition) is 1. The standard InChI is InChI=1S/C11H22N2O2S/c1-2-11-8-5-9-13(11)16(14,15)12-10-6-3-4-7-10/h10-12H,2-9H2,1H3. The van der Waals surface area contributed by atoms with E-state index in [1.165, 1.54) is 0 Å². The summed E-state index contributed by atoms with van der Waals surface area (Å²) in [5.41, 5.74) is 0. The molecular weight excluding hydrogens is 224 g/mol. The molecule has 16 heavy (non-hydrogen) atoms. The van der Waals surface area contributed by atoms with Crippen molar-refractivity contribution in [3.05, 3.63) is 0 Å². The lowest BCUT2D eigenvalue weighted by atomic mass is 10.2. The van der Waals surface area contributed by atoms with Gasteiger partial charge in [-0.15, -0.1) is 0 Å². The summed E-state index contributed by atoms with van der Waals surface area (Å²) in [5, 5.41) is 0. The van der Waals surface area contributed by atoms with Gasteiger partial charge < -0.3 is 0 Å². The van der Waals surface area contributed by atoms with Crippen LogP contribution in [0.1, 0.15) is 51.9 Å². The van der Waals surface area contributed by atoms with E-state index in [0.29, 0.717) is 6.54 Å². The molecule has 2 fully saturated rings. The highest BCUT2D eigenvalue weighted by atomic mass is 32.2. The molecule has 0 spiro atoms. The second-order valence-corrected chi connectivity index (χ2v) is 6.57. The normalized spacial score (nSPS) is 28.9. The fourth-order valence-electron chi connectivity index (χ4n) is 2.86. The fourth-order valence-corrected chi connectivity index (χ4v) is 4.66. The van der Waals surface area contributed by atoms with Gasteiger partial charge in [0.05, 0.1) is 0 Å². The predicted octanol–water partition coefficient (Wildman–Crippen LogP) is 1.64. The highest BCUT2D eigenvalue weighted by Gasteiger charge is 2.34. The van der Waals surface area contributed by atoms with Gasteiger partial charge in [0, 0.05) is 18.6 Å². The molecule has 94 valence electrons. The van der Waals surface area contributed by atoms with Crippen LogP contribution in [0.15, 0.2) is 0 Å². The van der Waals surface area contributed by atoms with Gasteiger partial charge in [0.1, 0.15) is 0 Å². The third-order valence-corrected chi connectivity index (χ3v) is 5.50. The number of nitrogens with zero attached hydrogens (tertiary/aromatic N) is 1. The number of nitrogens with one attached hydrogen (secondary N) is 1. The van der Waals surface area contributed by atoms with Crippen molar-refractivity contribution in [2.75, 3.05) is 6.54 Å². The zero-order chi connectivity index (χ0) is 11.6. The van der Waals surface area contributed by atoms with E-state index >= 15 is 0 Å². The lowest BCUT2D eigenvalue weighted by molar-refractivity contribution is 0.368. The van der Waals surface area contributed by atoms with Gasteiger partial charge in [0.2, 0.25) is 0 Å². The van der Waals surface area contributed by atoms with Crippen molar-refractivity contribution in [1.82, 2.24) is 9.03 Å². The second kappa shape index (κ2) is 5.02. The third-order valence-electron chi connectivity index (χ3n) is 3.77. The van der Waals surface area contributed by atoms with Crippen molar-refractivity contribution in [2.45, 2.75) is 64.0 Å². The van der Waals surface area contributed by atoms with E-state index < -0.39 is 10.2 Å². The molecule has 5 heteroatoms. The molecule has 0 bridgehead atoms. The first-order valence-electron chi connectivity index (χ1n) is 6.42. The first-order chi connectivity index (χ1) is 7.63. The van der Waals surface area contributed by atoms with Crippen LogP contribution in [0.4, 0.5) is 0 Å². The van der Waals surface area contributed by atoms with Gasteiger partial charge in [-0.25, -0.2) is 0 Å². The Kier molecular flexibility index (Phi) is 3.87. The monoisotopic (exact) mass is 246 g/mol. The Morgan fingerprint density at radius 1 is 1.19 bits per heavy atom. The Labute approximate surface area is 98.6 Å². The van der Waals surface area contributed by atoms with Crippen LogP contribution in [0.5, 0.6) is 0 Å². The van der Waals surface area contributed by atoms with Gasteiger partial charge in [0.25, 0.3) is 10.2 Å². The topological polar surface area (TPSA) is 49.4 Å². The molecule has 1 saturated carbocycles. The first kappa shape index (κ1) is 12.3. The molecular formula is C11H22N2O2S. The second-order valence-electron chi connectivity index (χ2n) is 4.92. The zero-order valence-electron chi connectivity index (χ0n) is 9.98. The van der Waals surface area contributed by atoms with Crippen molar-refractivity contribution < 1.29 is 8.42 Å². The minimum Gasteiger partial charge on any atom is -0.199 e. The average molecular weight is 246 g/mol. The van der Waals surface area contributed by atoms with Gasteiger partial charge in [-0.1, -0.05) is 19.8 Å². The molecule has 0 aromatic heterocycles. The van der Waals surface area contributed by atoms with E-state index in [1.54, 1.807) is 4.31 Å². The van der Waals surface area contributed by atoms with Crippen LogP contribution < -0.4 is 4.72 Å². The maximum atomic E-state index is 12.2. The summed E-state index contributed by atoms with van der Waals surface area (Å²) >= 11 is 0. The molecule has 4 nitrogen and oxygen atoms in total. The lowest BCUT2D eigenvalue weighted by Gasteiger charge is -2.25. The van der Waals surface area contributed by atoms with Crippen LogP contribution in [-0.4, -0.2) is 31.4 Å². The molecule has 1 saturated heterocycles. The SMILES string of the molecule is CCC1CCCN1S(=O)(=O)NC1CCCC1. The molecule has 1 aliphatic heterocycles. The van der Waals surface area contributed by atoms with Crippen molar-refractivity contribution >= 4 is 10.2 Å². The van der Waals surface area contributed by atoms with E-state index in [1.807, 2.05) is 0 Å². The van der Waals surface area contributed by atoms with Crippen molar-refractivity contribution in [3.8, 4) is 0 Å². The zero-order valence-corrected chi connectivity index (χ0v) is 10.8. The highest BCUT2D eigenvalue weighted by Crippen LogP contribution is 2.24. The summed E-state index contributed by atoms with van der Waals surface area (Å²) in [6.07, 6.45) is 7.26. The maximum Gasteiger partial charge on any atom is 0.279 e. The molecule has 2 rings (SSSR count). The molecule has 1 unspecified atom stereocenters. The van der Waals surface area contributed by atoms with Gasteiger partial charge in [0.15, 0.2) is 0 Å². The van der Waals surface area contributed by atoms with Crippen LogP contribution in [0.2, 0.25) is 0 Å². The van der Waals surface area contributed by atoms with Gasteiger partial charge in [-0.2, -0.15) is 17.4 Å². The summed E-state index contributed by atoms with van der Waals surface area (Å²) in [6.45, 7) is 2.76. The smallest absolute Gasteiger partial charge is 0.199 e. The first-order valence-corrected chi connectivity index (χ1v) is 7.86. The molecule has 0 amide bonds. The van der Waals surface area contributed by atoms with E-state index in [0.717, 1.165) is 44.9 Å². The Hall–Kier alpha value is -0.130. The Bertz CT molecular complexity index is 323. The van der Waals surface area contributed by atoms with Crippen molar-refractivity contribution in [3.63, 3.8) is 0 Å². The average Bonchev–Trinajstić information content (AvgIpc) is 2.85. The van der Waals surface area contributed by atoms with Crippen LogP contribution in [0, 0.1) is 0 Å². The summed E-state index contributed by atoms with van der Waals surface area (Å²) in [6, 6.07) is 0.405. The summed E-state index contributed by atoms with van der Waals surface area (Å²) in [5.74, 6) is 0. The van der Waals surface area contributed by atoms with Gasteiger partial charge in [-0.05, 0) is 32.1 Å².